The number of hydrogen-bond donors (Lipinski definition) is 0. The van der Waals surface area contributed by atoms with Gasteiger partial charge in [0, 0.05) is 0 Å². The van der Waals surface area contributed by atoms with Gasteiger partial charge in [0.2, 0.25) is 0 Å². The molecule has 0 saturated carbocycles. The van der Waals surface area contributed by atoms with Crippen LogP contribution in [-0.4, -0.2) is 31.6 Å². The summed E-state index contributed by atoms with van der Waals surface area (Å²) in [4.78, 5) is 0. The molecule has 0 bridgehead atoms. The fraction of sp³-hybridized carbons (Fsp3) is 1.00. The second kappa shape index (κ2) is 7.78. The van der Waals surface area contributed by atoms with Crippen molar-refractivity contribution >= 4 is 10.1 Å². The minimum atomic E-state index is -4.50. The van der Waals surface area contributed by atoms with E-state index in [2.05, 4.69) is 0 Å². The summed E-state index contributed by atoms with van der Waals surface area (Å²) in [6.07, 6.45) is -1.98. The molecule has 7 heteroatoms. The van der Waals surface area contributed by atoms with Crippen LogP contribution in [0.4, 0.5) is 8.78 Å². The van der Waals surface area contributed by atoms with Gasteiger partial charge in [0.25, 0.3) is 0 Å². The third-order valence-electron chi connectivity index (χ3n) is 1.04. The Balaban J connectivity index is 0. The van der Waals surface area contributed by atoms with Crippen LogP contribution in [0.3, 0.4) is 0 Å². The molecule has 0 rings (SSSR count). The minimum absolute atomic E-state index is 0. The second-order valence-corrected chi connectivity index (χ2v) is 3.60. The molecule has 0 heterocycles. The van der Waals surface area contributed by atoms with E-state index in [1.165, 1.54) is 0 Å². The SMILES string of the molecule is O=S(=O)([O-])CC(F)CCCF.[K+]. The fourth-order valence-electron chi connectivity index (χ4n) is 0.603. The summed E-state index contributed by atoms with van der Waals surface area (Å²) in [5.74, 6) is -1.05. The molecule has 0 radical (unpaired) electrons. The van der Waals surface area contributed by atoms with Crippen molar-refractivity contribution in [3.05, 3.63) is 0 Å². The summed E-state index contributed by atoms with van der Waals surface area (Å²) in [5, 5.41) is 0. The van der Waals surface area contributed by atoms with Crippen molar-refractivity contribution in [2.45, 2.75) is 19.0 Å². The monoisotopic (exact) mass is 226 g/mol. The summed E-state index contributed by atoms with van der Waals surface area (Å²) in [7, 11) is -4.50. The number of hydrogen-bond acceptors (Lipinski definition) is 3. The molecule has 0 amide bonds. The number of rotatable bonds is 5. The second-order valence-electron chi connectivity index (χ2n) is 2.15. The Kier molecular flexibility index (Phi) is 10.3. The van der Waals surface area contributed by atoms with Crippen LogP contribution in [0.25, 0.3) is 0 Å². The third-order valence-corrected chi connectivity index (χ3v) is 1.81. The molecule has 68 valence electrons. The zero-order valence-corrected chi connectivity index (χ0v) is 10.7. The minimum Gasteiger partial charge on any atom is -0.748 e. The predicted molar refractivity (Wildman–Crippen MR) is 34.7 cm³/mol. The van der Waals surface area contributed by atoms with Crippen LogP contribution in [0.5, 0.6) is 0 Å². The molecule has 0 aliphatic heterocycles. The van der Waals surface area contributed by atoms with E-state index in [1.54, 1.807) is 0 Å². The van der Waals surface area contributed by atoms with E-state index in [0.29, 0.717) is 0 Å². The van der Waals surface area contributed by atoms with Crippen molar-refractivity contribution in [1.29, 1.82) is 0 Å². The average molecular weight is 226 g/mol. The van der Waals surface area contributed by atoms with Crippen LogP contribution in [0, 0.1) is 0 Å². The first kappa shape index (κ1) is 15.9. The molecule has 0 saturated heterocycles. The van der Waals surface area contributed by atoms with Gasteiger partial charge in [0.05, 0.1) is 22.5 Å². The molecule has 0 aliphatic carbocycles. The van der Waals surface area contributed by atoms with E-state index in [-0.39, 0.29) is 64.2 Å². The average Bonchev–Trinajstić information content (AvgIpc) is 1.79. The van der Waals surface area contributed by atoms with Crippen molar-refractivity contribution in [3.63, 3.8) is 0 Å². The van der Waals surface area contributed by atoms with Crippen LogP contribution in [0.2, 0.25) is 0 Å². The van der Waals surface area contributed by atoms with Crippen LogP contribution < -0.4 is 51.4 Å². The maximum atomic E-state index is 12.3. The summed E-state index contributed by atoms with van der Waals surface area (Å²) in [5.41, 5.74) is 0. The smallest absolute Gasteiger partial charge is 0.748 e. The van der Waals surface area contributed by atoms with Crippen LogP contribution >= 0.6 is 0 Å². The molecular weight excluding hydrogens is 217 g/mol. The molecule has 0 spiro atoms. The Hall–Kier alpha value is 1.41. The van der Waals surface area contributed by atoms with Gasteiger partial charge in [-0.05, 0) is 12.8 Å². The van der Waals surface area contributed by atoms with E-state index in [0.717, 1.165) is 0 Å². The van der Waals surface area contributed by atoms with Gasteiger partial charge < -0.3 is 4.55 Å². The first-order chi connectivity index (χ1) is 4.95. The Morgan fingerprint density at radius 3 is 2.25 bits per heavy atom. The van der Waals surface area contributed by atoms with Crippen molar-refractivity contribution in [1.82, 2.24) is 0 Å². The van der Waals surface area contributed by atoms with Gasteiger partial charge in [-0.3, -0.25) is 4.39 Å². The zero-order valence-electron chi connectivity index (χ0n) is 6.79. The third kappa shape index (κ3) is 11.4. The normalized spacial score (nSPS) is 13.6. The maximum Gasteiger partial charge on any atom is 1.00 e. The van der Waals surface area contributed by atoms with E-state index >= 15 is 0 Å². The van der Waals surface area contributed by atoms with Gasteiger partial charge >= 0.3 is 51.4 Å². The standard InChI is InChI=1S/C5H10F2O3S.K/c6-3-1-2-5(7)4-11(8,9)10;/h5H,1-4H2,(H,8,9,10);/q;+1/p-1. The first-order valence-corrected chi connectivity index (χ1v) is 4.67. The zero-order chi connectivity index (χ0) is 8.91. The molecule has 1 unspecified atom stereocenters. The molecule has 0 aromatic rings. The molecule has 0 fully saturated rings. The summed E-state index contributed by atoms with van der Waals surface area (Å²) < 4.78 is 53.5. The molecule has 0 aromatic carbocycles. The maximum absolute atomic E-state index is 12.3. The quantitative estimate of drug-likeness (QED) is 0.389. The number of halogens is 2. The van der Waals surface area contributed by atoms with Crippen LogP contribution in [0.1, 0.15) is 12.8 Å². The molecular formula is C5H9F2KO3S. The van der Waals surface area contributed by atoms with E-state index in [1.807, 2.05) is 0 Å². The van der Waals surface area contributed by atoms with Gasteiger partial charge in [-0.25, -0.2) is 12.8 Å². The fourth-order valence-corrected chi connectivity index (χ4v) is 1.21. The topological polar surface area (TPSA) is 57.2 Å². The predicted octanol–water partition coefficient (Wildman–Crippen LogP) is -2.38. The van der Waals surface area contributed by atoms with Crippen LogP contribution in [-0.2, 0) is 10.1 Å². The van der Waals surface area contributed by atoms with Gasteiger partial charge in [0.15, 0.2) is 0 Å². The molecule has 3 nitrogen and oxygen atoms in total. The Bertz CT molecular complexity index is 195. The number of alkyl halides is 2. The van der Waals surface area contributed by atoms with Crippen molar-refractivity contribution in [2.75, 3.05) is 12.4 Å². The molecule has 0 N–H and O–H groups in total. The van der Waals surface area contributed by atoms with Crippen molar-refractivity contribution < 1.29 is 73.1 Å². The summed E-state index contributed by atoms with van der Waals surface area (Å²) in [6.45, 7) is -0.695. The largest absolute Gasteiger partial charge is 1.00 e. The Morgan fingerprint density at radius 2 is 1.92 bits per heavy atom. The van der Waals surface area contributed by atoms with E-state index in [4.69, 9.17) is 0 Å². The van der Waals surface area contributed by atoms with Gasteiger partial charge in [-0.1, -0.05) is 0 Å². The van der Waals surface area contributed by atoms with Crippen molar-refractivity contribution in [2.24, 2.45) is 0 Å². The van der Waals surface area contributed by atoms with Gasteiger partial charge in [0.1, 0.15) is 6.17 Å². The van der Waals surface area contributed by atoms with E-state index in [9.17, 15) is 21.8 Å². The molecule has 0 aliphatic rings. The van der Waals surface area contributed by atoms with Crippen LogP contribution in [0.15, 0.2) is 0 Å². The molecule has 12 heavy (non-hydrogen) atoms. The Morgan fingerprint density at radius 1 is 1.42 bits per heavy atom. The van der Waals surface area contributed by atoms with Gasteiger partial charge in [-0.2, -0.15) is 0 Å². The summed E-state index contributed by atoms with van der Waals surface area (Å²) >= 11 is 0. The molecule has 0 aromatic heterocycles. The summed E-state index contributed by atoms with van der Waals surface area (Å²) in [6, 6.07) is 0. The first-order valence-electron chi connectivity index (χ1n) is 3.09. The van der Waals surface area contributed by atoms with Crippen molar-refractivity contribution in [3.8, 4) is 0 Å². The molecule has 1 atom stereocenters. The Labute approximate surface area is 113 Å². The van der Waals surface area contributed by atoms with E-state index < -0.39 is 28.7 Å². The van der Waals surface area contributed by atoms with Gasteiger partial charge in [-0.15, -0.1) is 0 Å².